The Balaban J connectivity index is 1.61. The van der Waals surface area contributed by atoms with E-state index < -0.39 is 5.91 Å². The third-order valence-electron chi connectivity index (χ3n) is 6.50. The van der Waals surface area contributed by atoms with E-state index in [0.29, 0.717) is 19.8 Å². The molecule has 2 aromatic rings. The van der Waals surface area contributed by atoms with Gasteiger partial charge in [-0.15, -0.1) is 0 Å². The SMILES string of the molecule is COc1cccc2c1[C@H]1Nc3ccc(C4(O)NCCO4)cc3C(C)(C)C1CO2. The molecule has 0 amide bonds. The second-order valence-electron chi connectivity index (χ2n) is 8.31. The number of aliphatic hydroxyl groups is 1. The monoisotopic (exact) mass is 382 g/mol. The number of nitrogens with one attached hydrogen (secondary N) is 2. The molecule has 5 rings (SSSR count). The lowest BCUT2D eigenvalue weighted by molar-refractivity contribution is -0.194. The van der Waals surface area contributed by atoms with Gasteiger partial charge in [-0.25, -0.2) is 0 Å². The lowest BCUT2D eigenvalue weighted by Gasteiger charge is -2.49. The molecule has 0 bridgehead atoms. The van der Waals surface area contributed by atoms with Crippen molar-refractivity contribution in [3.05, 3.63) is 53.1 Å². The first-order chi connectivity index (χ1) is 13.4. The van der Waals surface area contributed by atoms with E-state index >= 15 is 0 Å². The maximum Gasteiger partial charge on any atom is 0.253 e. The largest absolute Gasteiger partial charge is 0.496 e. The Bertz CT molecular complexity index is 906. The highest BCUT2D eigenvalue weighted by Crippen LogP contribution is 2.54. The smallest absolute Gasteiger partial charge is 0.253 e. The van der Waals surface area contributed by atoms with Crippen molar-refractivity contribution >= 4 is 5.69 Å². The highest BCUT2D eigenvalue weighted by atomic mass is 16.7. The van der Waals surface area contributed by atoms with Crippen molar-refractivity contribution in [2.24, 2.45) is 5.92 Å². The summed E-state index contributed by atoms with van der Waals surface area (Å²) in [7, 11) is 1.70. The summed E-state index contributed by atoms with van der Waals surface area (Å²) in [6.45, 7) is 6.22. The van der Waals surface area contributed by atoms with Crippen molar-refractivity contribution in [3.63, 3.8) is 0 Å². The maximum atomic E-state index is 10.8. The van der Waals surface area contributed by atoms with Gasteiger partial charge in [0, 0.05) is 29.1 Å². The number of rotatable bonds is 2. The standard InChI is InChI=1S/C22H26N2O4/c1-21(2)14-11-13(22(25)23-9-10-28-22)7-8-16(14)24-20-15(21)12-27-18-6-4-5-17(26-3)19(18)20/h4-8,11,15,20,23-25H,9-10,12H2,1-3H3/t15?,20-,22?/m0/s1. The summed E-state index contributed by atoms with van der Waals surface area (Å²) in [6.07, 6.45) is 0. The Kier molecular flexibility index (Phi) is 3.88. The van der Waals surface area contributed by atoms with E-state index in [1.54, 1.807) is 7.11 Å². The molecule has 0 saturated carbocycles. The van der Waals surface area contributed by atoms with E-state index in [-0.39, 0.29) is 17.4 Å². The average molecular weight is 382 g/mol. The number of benzene rings is 2. The van der Waals surface area contributed by atoms with Crippen LogP contribution in [0.4, 0.5) is 5.69 Å². The van der Waals surface area contributed by atoms with Crippen LogP contribution in [-0.4, -0.2) is 32.0 Å². The molecule has 0 spiro atoms. The van der Waals surface area contributed by atoms with Gasteiger partial charge in [-0.2, -0.15) is 0 Å². The van der Waals surface area contributed by atoms with Crippen molar-refractivity contribution in [1.82, 2.24) is 5.32 Å². The van der Waals surface area contributed by atoms with Crippen LogP contribution in [0, 0.1) is 5.92 Å². The van der Waals surface area contributed by atoms with Gasteiger partial charge >= 0.3 is 0 Å². The summed E-state index contributed by atoms with van der Waals surface area (Å²) in [5.41, 5.74) is 3.85. The zero-order chi connectivity index (χ0) is 19.5. The fourth-order valence-electron chi connectivity index (χ4n) is 4.85. The van der Waals surface area contributed by atoms with Gasteiger partial charge in [0.05, 0.1) is 31.9 Å². The molecule has 0 aliphatic carbocycles. The van der Waals surface area contributed by atoms with Crippen LogP contribution in [0.25, 0.3) is 0 Å². The summed E-state index contributed by atoms with van der Waals surface area (Å²) in [5, 5.41) is 17.5. The molecule has 3 N–H and O–H groups in total. The second kappa shape index (κ2) is 6.11. The maximum absolute atomic E-state index is 10.8. The quantitative estimate of drug-likeness (QED) is 0.742. The van der Waals surface area contributed by atoms with Crippen molar-refractivity contribution in [1.29, 1.82) is 0 Å². The first-order valence-corrected chi connectivity index (χ1v) is 9.76. The minimum atomic E-state index is -1.42. The van der Waals surface area contributed by atoms with Crippen molar-refractivity contribution < 1.29 is 19.3 Å². The summed E-state index contributed by atoms with van der Waals surface area (Å²) in [6, 6.07) is 12.0. The van der Waals surface area contributed by atoms with E-state index in [2.05, 4.69) is 30.5 Å². The fourth-order valence-corrected chi connectivity index (χ4v) is 4.85. The molecule has 28 heavy (non-hydrogen) atoms. The zero-order valence-corrected chi connectivity index (χ0v) is 16.4. The lowest BCUT2D eigenvalue weighted by Crippen LogP contribution is -2.47. The summed E-state index contributed by atoms with van der Waals surface area (Å²) in [5.74, 6) is 0.516. The third-order valence-corrected chi connectivity index (χ3v) is 6.50. The number of methoxy groups -OCH3 is 1. The van der Waals surface area contributed by atoms with Crippen molar-refractivity contribution in [3.8, 4) is 11.5 Å². The third kappa shape index (κ3) is 2.45. The molecule has 148 valence electrons. The van der Waals surface area contributed by atoms with Crippen molar-refractivity contribution in [2.45, 2.75) is 31.2 Å². The van der Waals surface area contributed by atoms with Gasteiger partial charge in [0.2, 0.25) is 0 Å². The van der Waals surface area contributed by atoms with Crippen LogP contribution in [0.2, 0.25) is 0 Å². The molecule has 3 aliphatic heterocycles. The molecule has 0 aromatic heterocycles. The van der Waals surface area contributed by atoms with Gasteiger partial charge in [-0.1, -0.05) is 26.0 Å². The Morgan fingerprint density at radius 1 is 1.21 bits per heavy atom. The number of hydrogen-bond donors (Lipinski definition) is 3. The van der Waals surface area contributed by atoms with E-state index in [4.69, 9.17) is 14.2 Å². The van der Waals surface area contributed by atoms with Gasteiger partial charge < -0.3 is 24.6 Å². The summed E-state index contributed by atoms with van der Waals surface area (Å²) >= 11 is 0. The lowest BCUT2D eigenvalue weighted by atomic mass is 9.65. The van der Waals surface area contributed by atoms with E-state index in [9.17, 15) is 5.11 Å². The second-order valence-corrected chi connectivity index (χ2v) is 8.31. The van der Waals surface area contributed by atoms with Gasteiger partial charge in [-0.3, -0.25) is 5.32 Å². The molecular formula is C22H26N2O4. The first-order valence-electron chi connectivity index (χ1n) is 9.76. The Morgan fingerprint density at radius 3 is 2.82 bits per heavy atom. The molecule has 2 aromatic carbocycles. The van der Waals surface area contributed by atoms with Crippen LogP contribution < -0.4 is 20.1 Å². The van der Waals surface area contributed by atoms with Crippen LogP contribution in [0.1, 0.15) is 36.6 Å². The highest BCUT2D eigenvalue weighted by Gasteiger charge is 2.48. The molecule has 6 heteroatoms. The van der Waals surface area contributed by atoms with E-state index in [1.165, 1.54) is 0 Å². The zero-order valence-electron chi connectivity index (χ0n) is 16.4. The minimum Gasteiger partial charge on any atom is -0.496 e. The van der Waals surface area contributed by atoms with Gasteiger partial charge in [0.25, 0.3) is 5.91 Å². The molecule has 2 unspecified atom stereocenters. The fraction of sp³-hybridized carbons (Fsp3) is 0.455. The molecule has 6 nitrogen and oxygen atoms in total. The predicted molar refractivity (Wildman–Crippen MR) is 106 cm³/mol. The summed E-state index contributed by atoms with van der Waals surface area (Å²) < 4.78 is 17.3. The van der Waals surface area contributed by atoms with Crippen LogP contribution >= 0.6 is 0 Å². The van der Waals surface area contributed by atoms with Crippen molar-refractivity contribution in [2.75, 3.05) is 32.2 Å². The summed E-state index contributed by atoms with van der Waals surface area (Å²) in [4.78, 5) is 0. The predicted octanol–water partition coefficient (Wildman–Crippen LogP) is 2.87. The molecule has 1 saturated heterocycles. The molecular weight excluding hydrogens is 356 g/mol. The van der Waals surface area contributed by atoms with Gasteiger partial charge in [0.15, 0.2) is 0 Å². The van der Waals surface area contributed by atoms with Gasteiger partial charge in [0.1, 0.15) is 11.5 Å². The topological polar surface area (TPSA) is 72.0 Å². The minimum absolute atomic E-state index is 0.0946. The molecule has 3 atom stereocenters. The number of fused-ring (bicyclic) bond motifs is 4. The number of anilines is 1. The Morgan fingerprint density at radius 2 is 2.07 bits per heavy atom. The van der Waals surface area contributed by atoms with Crippen LogP contribution in [0.5, 0.6) is 11.5 Å². The van der Waals surface area contributed by atoms with E-state index in [1.807, 2.05) is 30.3 Å². The highest BCUT2D eigenvalue weighted by molar-refractivity contribution is 5.63. The van der Waals surface area contributed by atoms with Crippen LogP contribution in [0.3, 0.4) is 0 Å². The van der Waals surface area contributed by atoms with E-state index in [0.717, 1.165) is 33.9 Å². The molecule has 3 aliphatic rings. The molecule has 1 fully saturated rings. The van der Waals surface area contributed by atoms with Crippen LogP contribution in [-0.2, 0) is 16.1 Å². The Hall–Kier alpha value is -2.28. The normalized spacial score (nSPS) is 29.7. The number of ether oxygens (including phenoxy) is 3. The van der Waals surface area contributed by atoms with Crippen LogP contribution in [0.15, 0.2) is 36.4 Å². The molecule has 3 heterocycles. The molecule has 0 radical (unpaired) electrons. The number of hydrogen-bond acceptors (Lipinski definition) is 6. The Labute approximate surface area is 164 Å². The van der Waals surface area contributed by atoms with Gasteiger partial charge in [-0.05, 0) is 29.8 Å². The first kappa shape index (κ1) is 17.8. The average Bonchev–Trinajstić information content (AvgIpc) is 3.15.